The van der Waals surface area contributed by atoms with E-state index in [-0.39, 0.29) is 11.9 Å². The number of hydrogen-bond donors (Lipinski definition) is 2. The summed E-state index contributed by atoms with van der Waals surface area (Å²) in [6, 6.07) is 6.04. The van der Waals surface area contributed by atoms with Crippen LogP contribution in [0.5, 0.6) is 0 Å². The molecule has 1 fully saturated rings. The van der Waals surface area contributed by atoms with E-state index in [1.165, 1.54) is 12.1 Å². The van der Waals surface area contributed by atoms with Gasteiger partial charge in [-0.3, -0.25) is 9.59 Å². The lowest BCUT2D eigenvalue weighted by atomic mass is 10.1. The highest BCUT2D eigenvalue weighted by atomic mass is 19.1. The molecule has 2 N–H and O–H groups in total. The summed E-state index contributed by atoms with van der Waals surface area (Å²) in [5.74, 6) is -1.60. The molecule has 1 aliphatic rings. The van der Waals surface area contributed by atoms with E-state index >= 15 is 0 Å². The molecule has 1 aromatic carbocycles. The first-order valence-corrected chi connectivity index (χ1v) is 7.07. The Balaban J connectivity index is 1.63. The van der Waals surface area contributed by atoms with Crippen LogP contribution in [0.1, 0.15) is 18.4 Å². The second-order valence-corrected chi connectivity index (χ2v) is 4.98. The van der Waals surface area contributed by atoms with E-state index in [9.17, 15) is 14.0 Å². The summed E-state index contributed by atoms with van der Waals surface area (Å²) in [6.45, 7) is 1.41. The molecule has 0 spiro atoms. The first-order chi connectivity index (χ1) is 10.1. The quantitative estimate of drug-likeness (QED) is 0.789. The maximum atomic E-state index is 12.7. The maximum absolute atomic E-state index is 12.7. The van der Waals surface area contributed by atoms with Gasteiger partial charge in [0.05, 0.1) is 6.10 Å². The topological polar surface area (TPSA) is 67.4 Å². The van der Waals surface area contributed by atoms with E-state index in [2.05, 4.69) is 10.6 Å². The van der Waals surface area contributed by atoms with E-state index in [0.717, 1.165) is 18.4 Å². The highest BCUT2D eigenvalue weighted by Crippen LogP contribution is 2.10. The van der Waals surface area contributed by atoms with Crippen molar-refractivity contribution in [3.8, 4) is 0 Å². The SMILES string of the molecule is O=C(NCCc1ccc(F)cc1)C(=O)NC[C@@H]1CCCO1. The minimum Gasteiger partial charge on any atom is -0.376 e. The molecular formula is C15H19FN2O3. The Bertz CT molecular complexity index is 484. The van der Waals surface area contributed by atoms with Crippen LogP contribution in [0, 0.1) is 5.82 Å². The van der Waals surface area contributed by atoms with Crippen LogP contribution in [-0.2, 0) is 20.7 Å². The van der Waals surface area contributed by atoms with Crippen molar-refractivity contribution in [2.24, 2.45) is 0 Å². The van der Waals surface area contributed by atoms with Crippen molar-refractivity contribution in [2.75, 3.05) is 19.7 Å². The summed E-state index contributed by atoms with van der Waals surface area (Å²) in [6.07, 6.45) is 2.46. The molecule has 114 valence electrons. The van der Waals surface area contributed by atoms with Gasteiger partial charge in [0, 0.05) is 19.7 Å². The predicted octanol–water partition coefficient (Wildman–Crippen LogP) is 0.780. The highest BCUT2D eigenvalue weighted by molar-refractivity contribution is 6.35. The molecule has 0 aliphatic carbocycles. The number of ether oxygens (including phenoxy) is 1. The van der Waals surface area contributed by atoms with E-state index in [1.807, 2.05) is 0 Å². The van der Waals surface area contributed by atoms with Gasteiger partial charge in [0.2, 0.25) is 0 Å². The van der Waals surface area contributed by atoms with Crippen LogP contribution in [0.15, 0.2) is 24.3 Å². The standard InChI is InChI=1S/C15H19FN2O3/c16-12-5-3-11(4-6-12)7-8-17-14(19)15(20)18-10-13-2-1-9-21-13/h3-6,13H,1-2,7-10H2,(H,17,19)(H,18,20)/t13-/m0/s1. The Hall–Kier alpha value is -1.95. The van der Waals surface area contributed by atoms with Crippen molar-refractivity contribution in [1.29, 1.82) is 0 Å². The van der Waals surface area contributed by atoms with Crippen LogP contribution in [0.4, 0.5) is 4.39 Å². The Morgan fingerprint density at radius 2 is 1.90 bits per heavy atom. The van der Waals surface area contributed by atoms with Crippen molar-refractivity contribution in [3.05, 3.63) is 35.6 Å². The lowest BCUT2D eigenvalue weighted by molar-refractivity contribution is -0.139. The third-order valence-corrected chi connectivity index (χ3v) is 3.33. The first-order valence-electron chi connectivity index (χ1n) is 7.07. The summed E-state index contributed by atoms with van der Waals surface area (Å²) in [7, 11) is 0. The minimum absolute atomic E-state index is 0.0148. The monoisotopic (exact) mass is 294 g/mol. The average Bonchev–Trinajstić information content (AvgIpc) is 3.00. The molecule has 1 atom stereocenters. The van der Waals surface area contributed by atoms with Gasteiger partial charge in [-0.25, -0.2) is 4.39 Å². The molecular weight excluding hydrogens is 275 g/mol. The number of amides is 2. The van der Waals surface area contributed by atoms with Gasteiger partial charge in [0.1, 0.15) is 5.82 Å². The molecule has 2 amide bonds. The number of rotatable bonds is 5. The maximum Gasteiger partial charge on any atom is 0.309 e. The van der Waals surface area contributed by atoms with E-state index in [4.69, 9.17) is 4.74 Å². The third-order valence-electron chi connectivity index (χ3n) is 3.33. The van der Waals surface area contributed by atoms with E-state index < -0.39 is 11.8 Å². The van der Waals surface area contributed by atoms with Gasteiger partial charge in [-0.15, -0.1) is 0 Å². The fourth-order valence-corrected chi connectivity index (χ4v) is 2.14. The summed E-state index contributed by atoms with van der Waals surface area (Å²) >= 11 is 0. The number of carbonyl (C=O) groups is 2. The largest absolute Gasteiger partial charge is 0.376 e. The van der Waals surface area contributed by atoms with E-state index in [0.29, 0.717) is 26.1 Å². The Morgan fingerprint density at radius 1 is 1.19 bits per heavy atom. The summed E-state index contributed by atoms with van der Waals surface area (Å²) < 4.78 is 18.1. The molecule has 1 heterocycles. The van der Waals surface area contributed by atoms with Crippen molar-refractivity contribution in [3.63, 3.8) is 0 Å². The number of nitrogens with one attached hydrogen (secondary N) is 2. The molecule has 2 rings (SSSR count). The molecule has 21 heavy (non-hydrogen) atoms. The average molecular weight is 294 g/mol. The lowest BCUT2D eigenvalue weighted by Gasteiger charge is -2.10. The molecule has 1 aromatic rings. The molecule has 1 aliphatic heterocycles. The van der Waals surface area contributed by atoms with Gasteiger partial charge < -0.3 is 15.4 Å². The zero-order chi connectivity index (χ0) is 15.1. The van der Waals surface area contributed by atoms with Crippen molar-refractivity contribution < 1.29 is 18.7 Å². The third kappa shape index (κ3) is 5.15. The molecule has 0 aromatic heterocycles. The smallest absolute Gasteiger partial charge is 0.309 e. The van der Waals surface area contributed by atoms with Crippen LogP contribution in [0.2, 0.25) is 0 Å². The van der Waals surface area contributed by atoms with Crippen LogP contribution in [0.25, 0.3) is 0 Å². The number of benzene rings is 1. The summed E-state index contributed by atoms with van der Waals surface area (Å²) in [4.78, 5) is 23.1. The number of halogens is 1. The Labute approximate surface area is 122 Å². The normalized spacial score (nSPS) is 17.5. The van der Waals surface area contributed by atoms with Crippen molar-refractivity contribution in [1.82, 2.24) is 10.6 Å². The second kappa shape index (κ2) is 7.73. The van der Waals surface area contributed by atoms with Crippen LogP contribution in [0.3, 0.4) is 0 Å². The minimum atomic E-state index is -0.657. The Kier molecular flexibility index (Phi) is 5.68. The van der Waals surface area contributed by atoms with Crippen LogP contribution < -0.4 is 10.6 Å². The van der Waals surface area contributed by atoms with Crippen LogP contribution >= 0.6 is 0 Å². The zero-order valence-corrected chi connectivity index (χ0v) is 11.7. The second-order valence-electron chi connectivity index (χ2n) is 4.98. The molecule has 0 bridgehead atoms. The molecule has 0 unspecified atom stereocenters. The zero-order valence-electron chi connectivity index (χ0n) is 11.7. The van der Waals surface area contributed by atoms with Gasteiger partial charge in [0.15, 0.2) is 0 Å². The summed E-state index contributed by atoms with van der Waals surface area (Å²) in [5, 5.41) is 5.09. The summed E-state index contributed by atoms with van der Waals surface area (Å²) in [5.41, 5.74) is 0.900. The van der Waals surface area contributed by atoms with Gasteiger partial charge >= 0.3 is 11.8 Å². The number of hydrogen-bond acceptors (Lipinski definition) is 3. The lowest BCUT2D eigenvalue weighted by Crippen LogP contribution is -2.43. The van der Waals surface area contributed by atoms with Crippen molar-refractivity contribution >= 4 is 11.8 Å². The van der Waals surface area contributed by atoms with Gasteiger partial charge in [-0.1, -0.05) is 12.1 Å². The molecule has 1 saturated heterocycles. The predicted molar refractivity (Wildman–Crippen MR) is 75.1 cm³/mol. The van der Waals surface area contributed by atoms with Gasteiger partial charge in [-0.05, 0) is 37.0 Å². The van der Waals surface area contributed by atoms with Gasteiger partial charge in [0.25, 0.3) is 0 Å². The molecule has 6 heteroatoms. The first kappa shape index (κ1) is 15.4. The molecule has 5 nitrogen and oxygen atoms in total. The number of carbonyl (C=O) groups excluding carboxylic acids is 2. The fourth-order valence-electron chi connectivity index (χ4n) is 2.14. The molecule has 0 saturated carbocycles. The van der Waals surface area contributed by atoms with Crippen LogP contribution in [-0.4, -0.2) is 37.6 Å². The van der Waals surface area contributed by atoms with Crippen molar-refractivity contribution in [2.45, 2.75) is 25.4 Å². The highest BCUT2D eigenvalue weighted by Gasteiger charge is 2.18. The Morgan fingerprint density at radius 3 is 2.57 bits per heavy atom. The fraction of sp³-hybridized carbons (Fsp3) is 0.467. The van der Waals surface area contributed by atoms with Gasteiger partial charge in [-0.2, -0.15) is 0 Å². The molecule has 0 radical (unpaired) electrons. The van der Waals surface area contributed by atoms with E-state index in [1.54, 1.807) is 12.1 Å².